The van der Waals surface area contributed by atoms with Crippen molar-refractivity contribution in [2.24, 2.45) is 0 Å². The highest BCUT2D eigenvalue weighted by molar-refractivity contribution is 9.10. The van der Waals surface area contributed by atoms with Gasteiger partial charge in [0.25, 0.3) is 0 Å². The smallest absolute Gasteiger partial charge is 0.180 e. The predicted octanol–water partition coefficient (Wildman–Crippen LogP) is 3.01. The van der Waals surface area contributed by atoms with Crippen LogP contribution >= 0.6 is 15.9 Å². The molecule has 0 bridgehead atoms. The number of nitrogens with zero attached hydrogens (tertiary/aromatic N) is 2. The number of rotatable bonds is 2. The van der Waals surface area contributed by atoms with Gasteiger partial charge < -0.3 is 16.0 Å². The minimum absolute atomic E-state index is 0.681. The van der Waals surface area contributed by atoms with E-state index < -0.39 is 0 Å². The van der Waals surface area contributed by atoms with Crippen LogP contribution < -0.4 is 11.1 Å². The summed E-state index contributed by atoms with van der Waals surface area (Å²) < 4.78 is 0.923. The van der Waals surface area contributed by atoms with Gasteiger partial charge in [0.1, 0.15) is 11.6 Å². The molecule has 0 atom stereocenters. The highest BCUT2D eigenvalue weighted by atomic mass is 79.9. The second-order valence-corrected chi connectivity index (χ2v) is 5.09. The third-order valence-electron chi connectivity index (χ3n) is 2.80. The van der Waals surface area contributed by atoms with Gasteiger partial charge in [-0.3, -0.25) is 0 Å². The van der Waals surface area contributed by atoms with Crippen LogP contribution in [0.15, 0.2) is 34.8 Å². The average Bonchev–Trinajstić information content (AvgIpc) is 2.80. The lowest BCUT2D eigenvalue weighted by Gasteiger charge is -2.00. The van der Waals surface area contributed by atoms with Crippen molar-refractivity contribution in [3.63, 3.8) is 0 Å². The molecule has 0 aliphatic rings. The zero-order chi connectivity index (χ0) is 13.4. The van der Waals surface area contributed by atoms with Gasteiger partial charge in [0.05, 0.1) is 5.52 Å². The van der Waals surface area contributed by atoms with E-state index in [-0.39, 0.29) is 0 Å². The van der Waals surface area contributed by atoms with Crippen molar-refractivity contribution < 1.29 is 0 Å². The minimum Gasteiger partial charge on any atom is -0.399 e. The van der Waals surface area contributed by atoms with Crippen molar-refractivity contribution in [3.8, 4) is 11.4 Å². The lowest BCUT2D eigenvalue weighted by atomic mass is 10.2. The molecule has 0 aliphatic heterocycles. The zero-order valence-electron chi connectivity index (χ0n) is 10.2. The molecule has 0 spiro atoms. The van der Waals surface area contributed by atoms with Crippen molar-refractivity contribution in [1.29, 1.82) is 0 Å². The second-order valence-electron chi connectivity index (χ2n) is 4.18. The van der Waals surface area contributed by atoms with E-state index in [1.54, 1.807) is 0 Å². The second kappa shape index (κ2) is 4.55. The number of hydrogen-bond donors (Lipinski definition) is 3. The lowest BCUT2D eigenvalue weighted by molar-refractivity contribution is 1.28. The Labute approximate surface area is 118 Å². The third-order valence-corrected chi connectivity index (χ3v) is 3.25. The lowest BCUT2D eigenvalue weighted by Crippen LogP contribution is -1.91. The Morgan fingerprint density at radius 1 is 1.21 bits per heavy atom. The molecule has 0 radical (unpaired) electrons. The molecule has 19 heavy (non-hydrogen) atoms. The SMILES string of the molecule is CNc1ccc2[nH]c(-c3cc(N)cc(Br)c3)nc2n1. The number of aromatic nitrogens is 3. The molecule has 4 N–H and O–H groups in total. The summed E-state index contributed by atoms with van der Waals surface area (Å²) in [5.41, 5.74) is 9.03. The predicted molar refractivity (Wildman–Crippen MR) is 81.0 cm³/mol. The van der Waals surface area contributed by atoms with Crippen LogP contribution in [0.25, 0.3) is 22.6 Å². The molecular weight excluding hydrogens is 306 g/mol. The summed E-state index contributed by atoms with van der Waals surface area (Å²) in [6, 6.07) is 9.55. The number of benzene rings is 1. The number of aromatic amines is 1. The normalized spacial score (nSPS) is 10.8. The van der Waals surface area contributed by atoms with Crippen LogP contribution in [-0.4, -0.2) is 22.0 Å². The number of fused-ring (bicyclic) bond motifs is 1. The van der Waals surface area contributed by atoms with Crippen molar-refractivity contribution in [2.45, 2.75) is 0 Å². The number of nitrogens with one attached hydrogen (secondary N) is 2. The van der Waals surface area contributed by atoms with Crippen LogP contribution in [0.3, 0.4) is 0 Å². The molecule has 2 aromatic heterocycles. The van der Waals surface area contributed by atoms with Crippen molar-refractivity contribution in [3.05, 3.63) is 34.8 Å². The summed E-state index contributed by atoms with van der Waals surface area (Å²) in [6.45, 7) is 0. The van der Waals surface area contributed by atoms with Gasteiger partial charge in [-0.2, -0.15) is 0 Å². The van der Waals surface area contributed by atoms with E-state index in [0.29, 0.717) is 11.3 Å². The first-order valence-electron chi connectivity index (χ1n) is 5.76. The molecule has 0 unspecified atom stereocenters. The van der Waals surface area contributed by atoms with Crippen LogP contribution in [0.4, 0.5) is 11.5 Å². The standard InChI is InChI=1S/C13H12BrN5/c1-16-11-3-2-10-13(18-11)19-12(17-10)7-4-8(14)6-9(15)5-7/h2-6H,15H2,1H3,(H2,16,17,18,19). The van der Waals surface area contributed by atoms with E-state index in [4.69, 9.17) is 5.73 Å². The van der Waals surface area contributed by atoms with Gasteiger partial charge in [-0.15, -0.1) is 0 Å². The molecule has 0 saturated carbocycles. The van der Waals surface area contributed by atoms with Crippen molar-refractivity contribution >= 4 is 38.6 Å². The molecule has 6 heteroatoms. The Kier molecular flexibility index (Phi) is 2.87. The molecule has 0 amide bonds. The molecule has 5 nitrogen and oxygen atoms in total. The fraction of sp³-hybridized carbons (Fsp3) is 0.0769. The Morgan fingerprint density at radius 2 is 2.05 bits per heavy atom. The number of nitrogen functional groups attached to an aromatic ring is 1. The van der Waals surface area contributed by atoms with E-state index in [1.165, 1.54) is 0 Å². The third kappa shape index (κ3) is 2.26. The number of H-pyrrole nitrogens is 1. The van der Waals surface area contributed by atoms with E-state index in [1.807, 2.05) is 37.4 Å². The zero-order valence-corrected chi connectivity index (χ0v) is 11.8. The van der Waals surface area contributed by atoms with E-state index in [0.717, 1.165) is 27.2 Å². The fourth-order valence-corrected chi connectivity index (χ4v) is 2.43. The van der Waals surface area contributed by atoms with Crippen LogP contribution in [-0.2, 0) is 0 Å². The monoisotopic (exact) mass is 317 g/mol. The number of hydrogen-bond acceptors (Lipinski definition) is 4. The number of anilines is 2. The Balaban J connectivity index is 2.14. The number of imidazole rings is 1. The summed E-state index contributed by atoms with van der Waals surface area (Å²) in [5.74, 6) is 1.54. The fourth-order valence-electron chi connectivity index (χ4n) is 1.92. The topological polar surface area (TPSA) is 79.6 Å². The number of pyridine rings is 1. The molecular formula is C13H12BrN5. The first-order valence-corrected chi connectivity index (χ1v) is 6.56. The van der Waals surface area contributed by atoms with Crippen molar-refractivity contribution in [2.75, 3.05) is 18.1 Å². The molecule has 0 saturated heterocycles. The Morgan fingerprint density at radius 3 is 2.79 bits per heavy atom. The summed E-state index contributed by atoms with van der Waals surface area (Å²) >= 11 is 3.43. The molecule has 3 aromatic rings. The van der Waals surface area contributed by atoms with Crippen LogP contribution in [0, 0.1) is 0 Å². The summed E-state index contributed by atoms with van der Waals surface area (Å²) in [5, 5.41) is 2.99. The van der Waals surface area contributed by atoms with Gasteiger partial charge in [-0.1, -0.05) is 15.9 Å². The van der Waals surface area contributed by atoms with E-state index in [2.05, 4.69) is 36.2 Å². The van der Waals surface area contributed by atoms with E-state index in [9.17, 15) is 0 Å². The van der Waals surface area contributed by atoms with Crippen LogP contribution in [0.1, 0.15) is 0 Å². The van der Waals surface area contributed by atoms with E-state index >= 15 is 0 Å². The first-order chi connectivity index (χ1) is 9.15. The largest absolute Gasteiger partial charge is 0.399 e. The van der Waals surface area contributed by atoms with Gasteiger partial charge in [-0.05, 0) is 30.3 Å². The maximum Gasteiger partial charge on any atom is 0.180 e. The Hall–Kier alpha value is -2.08. The van der Waals surface area contributed by atoms with Gasteiger partial charge >= 0.3 is 0 Å². The maximum absolute atomic E-state index is 5.84. The summed E-state index contributed by atoms with van der Waals surface area (Å²) in [7, 11) is 1.83. The van der Waals surface area contributed by atoms with Crippen LogP contribution in [0.5, 0.6) is 0 Å². The summed E-state index contributed by atoms with van der Waals surface area (Å²) in [6.07, 6.45) is 0. The number of halogens is 1. The molecule has 0 aliphatic carbocycles. The number of nitrogens with two attached hydrogens (primary N) is 1. The quantitative estimate of drug-likeness (QED) is 0.635. The molecule has 2 heterocycles. The van der Waals surface area contributed by atoms with Gasteiger partial charge in [0.2, 0.25) is 0 Å². The van der Waals surface area contributed by atoms with Gasteiger partial charge in [-0.25, -0.2) is 9.97 Å². The molecule has 1 aromatic carbocycles. The maximum atomic E-state index is 5.84. The minimum atomic E-state index is 0.681. The van der Waals surface area contributed by atoms with Gasteiger partial charge in [0.15, 0.2) is 5.65 Å². The molecule has 0 fully saturated rings. The molecule has 96 valence electrons. The highest BCUT2D eigenvalue weighted by Gasteiger charge is 2.08. The first kappa shape index (κ1) is 12.0. The summed E-state index contributed by atoms with van der Waals surface area (Å²) in [4.78, 5) is 12.1. The van der Waals surface area contributed by atoms with Crippen molar-refractivity contribution in [1.82, 2.24) is 15.0 Å². The van der Waals surface area contributed by atoms with Gasteiger partial charge in [0, 0.05) is 22.8 Å². The molecule has 3 rings (SSSR count). The average molecular weight is 318 g/mol. The highest BCUT2D eigenvalue weighted by Crippen LogP contribution is 2.26. The van der Waals surface area contributed by atoms with Crippen LogP contribution in [0.2, 0.25) is 0 Å². The Bertz CT molecular complexity index is 730.